The highest BCUT2D eigenvalue weighted by Crippen LogP contribution is 2.16. The number of carbonyl (C=O) groups excluding carboxylic acids is 3. The molecule has 6 nitrogen and oxygen atoms in total. The molecule has 1 N–H and O–H groups in total. The Bertz CT molecular complexity index is 1140. The number of hydrogen-bond donors (Lipinski definition) is 1. The first-order chi connectivity index (χ1) is 19.1. The van der Waals surface area contributed by atoms with E-state index in [1.165, 1.54) is 0 Å². The summed E-state index contributed by atoms with van der Waals surface area (Å²) in [5.41, 5.74) is 3.13. The second-order valence-corrected chi connectivity index (χ2v) is 9.60. The number of rotatable bonds is 16. The molecule has 0 radical (unpaired) electrons. The van der Waals surface area contributed by atoms with E-state index in [0.717, 1.165) is 23.1 Å². The van der Waals surface area contributed by atoms with Crippen molar-refractivity contribution in [3.8, 4) is 0 Å². The predicted octanol–water partition coefficient (Wildman–Crippen LogP) is 5.50. The summed E-state index contributed by atoms with van der Waals surface area (Å²) in [5.74, 6) is -0.407. The van der Waals surface area contributed by atoms with E-state index in [4.69, 9.17) is 4.74 Å². The topological polar surface area (TPSA) is 75.7 Å². The Morgan fingerprint density at radius 3 is 1.92 bits per heavy atom. The smallest absolute Gasteiger partial charge is 0.305 e. The normalized spacial score (nSPS) is 11.4. The first-order valence-corrected chi connectivity index (χ1v) is 13.9. The molecule has 0 aromatic heterocycles. The SMILES string of the molecule is CCOC(=O)CCCCCC(=O)N(CCc1ccccc1)C(Cc1ccccc1)C(=O)NCc1ccccc1. The van der Waals surface area contributed by atoms with Crippen LogP contribution in [0.15, 0.2) is 91.0 Å². The van der Waals surface area contributed by atoms with Crippen molar-refractivity contribution in [1.82, 2.24) is 10.2 Å². The van der Waals surface area contributed by atoms with Crippen LogP contribution in [0.25, 0.3) is 0 Å². The van der Waals surface area contributed by atoms with Gasteiger partial charge >= 0.3 is 5.97 Å². The van der Waals surface area contributed by atoms with Gasteiger partial charge in [0, 0.05) is 32.4 Å². The third-order valence-corrected chi connectivity index (χ3v) is 6.64. The largest absolute Gasteiger partial charge is 0.466 e. The summed E-state index contributed by atoms with van der Waals surface area (Å²) in [6.07, 6.45) is 3.87. The Morgan fingerprint density at radius 2 is 1.31 bits per heavy atom. The Hall–Kier alpha value is -3.93. The molecule has 0 aliphatic carbocycles. The number of benzene rings is 3. The molecule has 0 aliphatic rings. The van der Waals surface area contributed by atoms with Crippen LogP contribution < -0.4 is 5.32 Å². The van der Waals surface area contributed by atoms with Crippen LogP contribution in [0.3, 0.4) is 0 Å². The molecule has 0 aliphatic heterocycles. The van der Waals surface area contributed by atoms with Crippen LogP contribution in [-0.2, 0) is 38.5 Å². The molecule has 0 saturated heterocycles. The van der Waals surface area contributed by atoms with E-state index in [0.29, 0.717) is 58.2 Å². The zero-order chi connectivity index (χ0) is 27.7. The van der Waals surface area contributed by atoms with Gasteiger partial charge in [-0.15, -0.1) is 0 Å². The standard InChI is InChI=1S/C33H40N2O4/c1-2-39-32(37)22-14-6-13-21-31(36)35(24-23-27-15-7-3-8-16-27)30(25-28-17-9-4-10-18-28)33(38)34-26-29-19-11-5-12-20-29/h3-5,7-12,15-20,30H,2,6,13-14,21-26H2,1H3,(H,34,38). The van der Waals surface area contributed by atoms with Crippen molar-refractivity contribution in [3.05, 3.63) is 108 Å². The predicted molar refractivity (Wildman–Crippen MR) is 154 cm³/mol. The Kier molecular flexibility index (Phi) is 12.8. The van der Waals surface area contributed by atoms with Crippen molar-refractivity contribution in [2.24, 2.45) is 0 Å². The lowest BCUT2D eigenvalue weighted by atomic mass is 10.0. The Labute approximate surface area is 232 Å². The van der Waals surface area contributed by atoms with E-state index in [-0.39, 0.29) is 17.8 Å². The lowest BCUT2D eigenvalue weighted by Crippen LogP contribution is -2.51. The van der Waals surface area contributed by atoms with Gasteiger partial charge in [-0.3, -0.25) is 14.4 Å². The molecule has 206 valence electrons. The highest BCUT2D eigenvalue weighted by atomic mass is 16.5. The molecule has 3 aromatic carbocycles. The zero-order valence-corrected chi connectivity index (χ0v) is 22.9. The fraction of sp³-hybridized carbons (Fsp3) is 0.364. The monoisotopic (exact) mass is 528 g/mol. The van der Waals surface area contributed by atoms with Crippen molar-refractivity contribution in [2.75, 3.05) is 13.2 Å². The van der Waals surface area contributed by atoms with Crippen molar-refractivity contribution >= 4 is 17.8 Å². The number of amides is 2. The van der Waals surface area contributed by atoms with Crippen LogP contribution in [0.5, 0.6) is 0 Å². The van der Waals surface area contributed by atoms with Crippen molar-refractivity contribution in [3.63, 3.8) is 0 Å². The van der Waals surface area contributed by atoms with Crippen LogP contribution in [-0.4, -0.2) is 41.9 Å². The molecular formula is C33H40N2O4. The van der Waals surface area contributed by atoms with Crippen LogP contribution in [0.1, 0.15) is 55.7 Å². The van der Waals surface area contributed by atoms with E-state index in [9.17, 15) is 14.4 Å². The number of ether oxygens (including phenoxy) is 1. The number of nitrogens with zero attached hydrogens (tertiary/aromatic N) is 1. The minimum absolute atomic E-state index is 0.0436. The van der Waals surface area contributed by atoms with Gasteiger partial charge in [0.05, 0.1) is 6.61 Å². The van der Waals surface area contributed by atoms with Gasteiger partial charge in [-0.25, -0.2) is 0 Å². The lowest BCUT2D eigenvalue weighted by Gasteiger charge is -2.31. The van der Waals surface area contributed by atoms with Crippen molar-refractivity contribution < 1.29 is 19.1 Å². The van der Waals surface area contributed by atoms with Crippen LogP contribution in [0.4, 0.5) is 0 Å². The fourth-order valence-corrected chi connectivity index (χ4v) is 4.53. The van der Waals surface area contributed by atoms with Crippen LogP contribution in [0.2, 0.25) is 0 Å². The highest BCUT2D eigenvalue weighted by Gasteiger charge is 2.29. The summed E-state index contributed by atoms with van der Waals surface area (Å²) in [6.45, 7) is 3.02. The molecule has 1 unspecified atom stereocenters. The quantitative estimate of drug-likeness (QED) is 0.197. The fourth-order valence-electron chi connectivity index (χ4n) is 4.53. The number of carbonyl (C=O) groups is 3. The molecule has 3 rings (SSSR count). The molecule has 6 heteroatoms. The first-order valence-electron chi connectivity index (χ1n) is 13.9. The van der Waals surface area contributed by atoms with Crippen LogP contribution >= 0.6 is 0 Å². The second kappa shape index (κ2) is 16.8. The summed E-state index contributed by atoms with van der Waals surface area (Å²) in [4.78, 5) is 40.6. The maximum absolute atomic E-state index is 13.6. The molecule has 0 fully saturated rings. The molecule has 3 aromatic rings. The first kappa shape index (κ1) is 29.6. The van der Waals surface area contributed by atoms with E-state index >= 15 is 0 Å². The second-order valence-electron chi connectivity index (χ2n) is 9.60. The summed E-state index contributed by atoms with van der Waals surface area (Å²) in [6, 6.07) is 29.0. The average Bonchev–Trinajstić information content (AvgIpc) is 2.97. The third kappa shape index (κ3) is 10.8. The Balaban J connectivity index is 1.73. The van der Waals surface area contributed by atoms with Gasteiger partial charge in [0.1, 0.15) is 6.04 Å². The summed E-state index contributed by atoms with van der Waals surface area (Å²) in [5, 5.41) is 3.07. The third-order valence-electron chi connectivity index (χ3n) is 6.64. The molecule has 2 amide bonds. The maximum Gasteiger partial charge on any atom is 0.305 e. The van der Waals surface area contributed by atoms with E-state index < -0.39 is 6.04 Å². The van der Waals surface area contributed by atoms with Gasteiger partial charge in [0.25, 0.3) is 0 Å². The molecule has 1 atom stereocenters. The molecule has 0 spiro atoms. The number of nitrogens with one attached hydrogen (secondary N) is 1. The molecule has 0 heterocycles. The minimum Gasteiger partial charge on any atom is -0.466 e. The molecule has 39 heavy (non-hydrogen) atoms. The molecule has 0 bridgehead atoms. The number of unbranched alkanes of at least 4 members (excludes halogenated alkanes) is 2. The molecular weight excluding hydrogens is 488 g/mol. The maximum atomic E-state index is 13.6. The number of hydrogen-bond acceptors (Lipinski definition) is 4. The van der Waals surface area contributed by atoms with E-state index in [1.807, 2.05) is 91.0 Å². The Morgan fingerprint density at radius 1 is 0.744 bits per heavy atom. The van der Waals surface area contributed by atoms with Gasteiger partial charge in [0.15, 0.2) is 0 Å². The number of esters is 1. The molecule has 0 saturated carbocycles. The van der Waals surface area contributed by atoms with Gasteiger partial charge < -0.3 is 15.0 Å². The summed E-state index contributed by atoms with van der Waals surface area (Å²) in [7, 11) is 0. The lowest BCUT2D eigenvalue weighted by molar-refractivity contribution is -0.143. The van der Waals surface area contributed by atoms with Crippen molar-refractivity contribution in [1.29, 1.82) is 0 Å². The van der Waals surface area contributed by atoms with Crippen LogP contribution in [0, 0.1) is 0 Å². The van der Waals surface area contributed by atoms with Gasteiger partial charge in [-0.1, -0.05) is 97.4 Å². The van der Waals surface area contributed by atoms with Crippen molar-refractivity contribution in [2.45, 2.75) is 64.5 Å². The summed E-state index contributed by atoms with van der Waals surface area (Å²) < 4.78 is 4.99. The van der Waals surface area contributed by atoms with Gasteiger partial charge in [0.2, 0.25) is 11.8 Å². The summed E-state index contributed by atoms with van der Waals surface area (Å²) >= 11 is 0. The highest BCUT2D eigenvalue weighted by molar-refractivity contribution is 5.88. The van der Waals surface area contributed by atoms with E-state index in [1.54, 1.807) is 11.8 Å². The van der Waals surface area contributed by atoms with E-state index in [2.05, 4.69) is 5.32 Å². The van der Waals surface area contributed by atoms with Gasteiger partial charge in [-0.2, -0.15) is 0 Å². The average molecular weight is 529 g/mol. The zero-order valence-electron chi connectivity index (χ0n) is 22.9. The van der Waals surface area contributed by atoms with Gasteiger partial charge in [-0.05, 0) is 42.9 Å². The minimum atomic E-state index is -0.633.